The normalized spacial score (nSPS) is 10.8. The maximum absolute atomic E-state index is 10.4. The van der Waals surface area contributed by atoms with E-state index in [9.17, 15) is 4.79 Å². The minimum atomic E-state index is -0.985. The lowest BCUT2D eigenvalue weighted by molar-refractivity contribution is -0.131. The predicted molar refractivity (Wildman–Crippen MR) is 65.8 cm³/mol. The van der Waals surface area contributed by atoms with Crippen LogP contribution in [0.25, 0.3) is 11.0 Å². The standard InChI is InChI=1S/C13H11N3O2/c14-8-7-12-15-10-4-1-2-5-11(10)16(12)9-3-6-13(17)18/h1-6H,7,9H2,(H,17,18). The molecule has 0 spiro atoms. The van der Waals surface area contributed by atoms with E-state index in [1.54, 1.807) is 0 Å². The van der Waals surface area contributed by atoms with Gasteiger partial charge >= 0.3 is 5.97 Å². The lowest BCUT2D eigenvalue weighted by atomic mass is 10.3. The third kappa shape index (κ3) is 2.38. The summed E-state index contributed by atoms with van der Waals surface area (Å²) in [5.74, 6) is -0.338. The molecule has 0 aliphatic rings. The summed E-state index contributed by atoms with van der Waals surface area (Å²) in [6.45, 7) is 0.393. The van der Waals surface area contributed by atoms with Gasteiger partial charge in [0.2, 0.25) is 0 Å². The highest BCUT2D eigenvalue weighted by molar-refractivity contribution is 5.80. The van der Waals surface area contributed by atoms with E-state index in [1.165, 1.54) is 6.08 Å². The fourth-order valence-electron chi connectivity index (χ4n) is 1.79. The van der Waals surface area contributed by atoms with Crippen LogP contribution in [0.5, 0.6) is 0 Å². The largest absolute Gasteiger partial charge is 0.478 e. The highest BCUT2D eigenvalue weighted by atomic mass is 16.4. The van der Waals surface area contributed by atoms with Crippen LogP contribution in [0.3, 0.4) is 0 Å². The molecule has 90 valence electrons. The number of nitrogens with zero attached hydrogens (tertiary/aromatic N) is 3. The quantitative estimate of drug-likeness (QED) is 0.827. The third-order valence-electron chi connectivity index (χ3n) is 2.52. The van der Waals surface area contributed by atoms with Crippen molar-refractivity contribution in [1.29, 1.82) is 5.26 Å². The Labute approximate surface area is 104 Å². The van der Waals surface area contributed by atoms with Crippen molar-refractivity contribution < 1.29 is 9.90 Å². The second-order valence-electron chi connectivity index (χ2n) is 3.70. The summed E-state index contributed by atoms with van der Waals surface area (Å²) >= 11 is 0. The monoisotopic (exact) mass is 241 g/mol. The number of benzene rings is 1. The number of rotatable bonds is 4. The summed E-state index contributed by atoms with van der Waals surface area (Å²) in [7, 11) is 0. The van der Waals surface area contributed by atoms with Crippen molar-refractivity contribution in [3.8, 4) is 6.07 Å². The van der Waals surface area contributed by atoms with Gasteiger partial charge in [0.05, 0.1) is 23.5 Å². The molecule has 0 aliphatic carbocycles. The molecular weight excluding hydrogens is 230 g/mol. The number of hydrogen-bond donors (Lipinski definition) is 1. The van der Waals surface area contributed by atoms with Crippen LogP contribution >= 0.6 is 0 Å². The second-order valence-corrected chi connectivity index (χ2v) is 3.70. The van der Waals surface area contributed by atoms with Gasteiger partial charge in [0, 0.05) is 12.6 Å². The van der Waals surface area contributed by atoms with Gasteiger partial charge in [-0.1, -0.05) is 18.2 Å². The zero-order valence-corrected chi connectivity index (χ0v) is 9.58. The second kappa shape index (κ2) is 5.15. The van der Waals surface area contributed by atoms with Crippen molar-refractivity contribution in [2.75, 3.05) is 0 Å². The van der Waals surface area contributed by atoms with E-state index < -0.39 is 5.97 Å². The van der Waals surface area contributed by atoms with Crippen molar-refractivity contribution in [3.63, 3.8) is 0 Å². The molecule has 0 bridgehead atoms. The Bertz CT molecular complexity index is 650. The first-order valence-corrected chi connectivity index (χ1v) is 5.43. The average molecular weight is 241 g/mol. The molecule has 18 heavy (non-hydrogen) atoms. The Morgan fingerprint density at radius 3 is 3.00 bits per heavy atom. The van der Waals surface area contributed by atoms with Gasteiger partial charge in [-0.3, -0.25) is 0 Å². The average Bonchev–Trinajstić information content (AvgIpc) is 2.68. The molecule has 0 radical (unpaired) electrons. The van der Waals surface area contributed by atoms with Crippen molar-refractivity contribution in [2.45, 2.75) is 13.0 Å². The zero-order chi connectivity index (χ0) is 13.0. The van der Waals surface area contributed by atoms with Gasteiger partial charge in [0.1, 0.15) is 5.82 Å². The highest BCUT2D eigenvalue weighted by Gasteiger charge is 2.08. The first-order valence-electron chi connectivity index (χ1n) is 5.43. The molecule has 0 atom stereocenters. The molecule has 0 saturated heterocycles. The number of hydrogen-bond acceptors (Lipinski definition) is 3. The predicted octanol–water partition coefficient (Wildman–Crippen LogP) is 1.74. The molecule has 0 aliphatic heterocycles. The minimum absolute atomic E-state index is 0.204. The molecule has 0 fully saturated rings. The van der Waals surface area contributed by atoms with E-state index in [1.807, 2.05) is 28.8 Å². The van der Waals surface area contributed by atoms with Crippen molar-refractivity contribution in [3.05, 3.63) is 42.2 Å². The van der Waals surface area contributed by atoms with E-state index in [4.69, 9.17) is 10.4 Å². The molecule has 0 saturated carbocycles. The molecule has 0 unspecified atom stereocenters. The number of carbonyl (C=O) groups is 1. The van der Waals surface area contributed by atoms with E-state index in [2.05, 4.69) is 11.1 Å². The van der Waals surface area contributed by atoms with Gasteiger partial charge in [-0.05, 0) is 12.1 Å². The minimum Gasteiger partial charge on any atom is -0.478 e. The topological polar surface area (TPSA) is 78.9 Å². The Hall–Kier alpha value is -2.61. The van der Waals surface area contributed by atoms with Crippen LogP contribution in [0, 0.1) is 11.3 Å². The smallest absolute Gasteiger partial charge is 0.328 e. The Kier molecular flexibility index (Phi) is 3.39. The number of aromatic nitrogens is 2. The number of aliphatic carboxylic acids is 1. The summed E-state index contributed by atoms with van der Waals surface area (Å²) in [5, 5.41) is 17.3. The van der Waals surface area contributed by atoms with Crippen LogP contribution in [0.2, 0.25) is 0 Å². The Balaban J connectivity index is 2.42. The van der Waals surface area contributed by atoms with Crippen LogP contribution < -0.4 is 0 Å². The summed E-state index contributed by atoms with van der Waals surface area (Å²) in [6.07, 6.45) is 2.83. The SMILES string of the molecule is N#CCc1nc2ccccc2n1CC=CC(=O)O. The first kappa shape index (κ1) is 11.9. The van der Waals surface area contributed by atoms with Gasteiger partial charge in [-0.15, -0.1) is 0 Å². The molecule has 1 aromatic carbocycles. The van der Waals surface area contributed by atoms with Gasteiger partial charge < -0.3 is 9.67 Å². The maximum Gasteiger partial charge on any atom is 0.328 e. The Morgan fingerprint density at radius 2 is 2.28 bits per heavy atom. The number of para-hydroxylation sites is 2. The number of fused-ring (bicyclic) bond motifs is 1. The van der Waals surface area contributed by atoms with Crippen LogP contribution in [0.4, 0.5) is 0 Å². The van der Waals surface area contributed by atoms with Gasteiger partial charge in [0.25, 0.3) is 0 Å². The zero-order valence-electron chi connectivity index (χ0n) is 9.58. The molecule has 5 heteroatoms. The number of allylic oxidation sites excluding steroid dienone is 1. The highest BCUT2D eigenvalue weighted by Crippen LogP contribution is 2.16. The van der Waals surface area contributed by atoms with Gasteiger partial charge in [-0.25, -0.2) is 9.78 Å². The van der Waals surface area contributed by atoms with Crippen molar-refractivity contribution in [2.24, 2.45) is 0 Å². The molecule has 5 nitrogen and oxygen atoms in total. The first-order chi connectivity index (χ1) is 8.72. The van der Waals surface area contributed by atoms with E-state index in [-0.39, 0.29) is 6.42 Å². The number of carboxylic acids is 1. The molecule has 2 rings (SSSR count). The number of carboxylic acid groups (broad SMARTS) is 1. The van der Waals surface area contributed by atoms with Crippen molar-refractivity contribution >= 4 is 17.0 Å². The lowest BCUT2D eigenvalue weighted by Gasteiger charge is -2.03. The molecule has 1 aromatic heterocycles. The van der Waals surface area contributed by atoms with Gasteiger partial charge in [-0.2, -0.15) is 5.26 Å². The van der Waals surface area contributed by atoms with Crippen LogP contribution in [0.15, 0.2) is 36.4 Å². The van der Waals surface area contributed by atoms with E-state index in [0.717, 1.165) is 17.1 Å². The number of nitriles is 1. The van der Waals surface area contributed by atoms with Crippen molar-refractivity contribution in [1.82, 2.24) is 9.55 Å². The third-order valence-corrected chi connectivity index (χ3v) is 2.52. The lowest BCUT2D eigenvalue weighted by Crippen LogP contribution is -2.02. The van der Waals surface area contributed by atoms with E-state index >= 15 is 0 Å². The molecule has 0 amide bonds. The molecule has 1 N–H and O–H groups in total. The van der Waals surface area contributed by atoms with Crippen LogP contribution in [-0.4, -0.2) is 20.6 Å². The summed E-state index contributed by atoms with van der Waals surface area (Å²) in [6, 6.07) is 9.59. The molecular formula is C13H11N3O2. The van der Waals surface area contributed by atoms with Crippen LogP contribution in [0.1, 0.15) is 5.82 Å². The van der Waals surface area contributed by atoms with Crippen LogP contribution in [-0.2, 0) is 17.8 Å². The molecule has 2 aromatic rings. The fourth-order valence-corrected chi connectivity index (χ4v) is 1.79. The Morgan fingerprint density at radius 1 is 1.50 bits per heavy atom. The molecule has 1 heterocycles. The van der Waals surface area contributed by atoms with Gasteiger partial charge in [0.15, 0.2) is 0 Å². The number of imidazole rings is 1. The fraction of sp³-hybridized carbons (Fsp3) is 0.154. The van der Waals surface area contributed by atoms with E-state index in [0.29, 0.717) is 12.4 Å². The summed E-state index contributed by atoms with van der Waals surface area (Å²) in [4.78, 5) is 14.8. The maximum atomic E-state index is 10.4. The summed E-state index contributed by atoms with van der Waals surface area (Å²) in [5.41, 5.74) is 1.71. The summed E-state index contributed by atoms with van der Waals surface area (Å²) < 4.78 is 1.85.